The van der Waals surface area contributed by atoms with Crippen LogP contribution in [-0.2, 0) is 22.2 Å². The van der Waals surface area contributed by atoms with E-state index in [1.165, 1.54) is 20.2 Å². The number of aryl methyl sites for hydroxylation is 1. The summed E-state index contributed by atoms with van der Waals surface area (Å²) in [7, 11) is -0.0382. The van der Waals surface area contributed by atoms with Gasteiger partial charge in [-0.15, -0.1) is 9.42 Å². The van der Waals surface area contributed by atoms with E-state index in [0.29, 0.717) is 35.5 Å². The minimum absolute atomic E-state index is 0.00387. The Bertz CT molecular complexity index is 1760. The van der Waals surface area contributed by atoms with Gasteiger partial charge in [-0.3, -0.25) is 9.48 Å². The van der Waals surface area contributed by atoms with Crippen molar-refractivity contribution in [2.75, 3.05) is 31.4 Å². The summed E-state index contributed by atoms with van der Waals surface area (Å²) < 4.78 is 67.7. The number of hydrogen-bond acceptors (Lipinski definition) is 11. The molecule has 0 aliphatic carbocycles. The molecule has 49 heavy (non-hydrogen) atoms. The number of aliphatic hydroxyl groups is 1. The highest BCUT2D eigenvalue weighted by Gasteiger charge is 2.51. The molecule has 1 atom stereocenters. The zero-order chi connectivity index (χ0) is 35.9. The molecule has 0 saturated carbocycles. The number of halogens is 3. The third-order valence-electron chi connectivity index (χ3n) is 8.10. The smallest absolute Gasteiger partial charge is 0.495 e. The molecule has 1 aliphatic heterocycles. The maximum Gasteiger partial charge on any atom is 0.695 e. The van der Waals surface area contributed by atoms with Crippen LogP contribution < -0.4 is 26.0 Å². The lowest BCUT2D eigenvalue weighted by atomic mass is 9.83. The van der Waals surface area contributed by atoms with Gasteiger partial charge >= 0.3 is 14.4 Å². The highest BCUT2D eigenvalue weighted by molar-refractivity contribution is 7.32. The third-order valence-corrected chi connectivity index (χ3v) is 8.45. The average molecular weight is 708 g/mol. The second kappa shape index (κ2) is 15.8. The van der Waals surface area contributed by atoms with Crippen LogP contribution >= 0.6 is 8.25 Å². The summed E-state index contributed by atoms with van der Waals surface area (Å²) in [6, 6.07) is 7.77. The van der Waals surface area contributed by atoms with E-state index in [2.05, 4.69) is 36.3 Å². The molecular weight excluding hydrogens is 668 g/mol. The summed E-state index contributed by atoms with van der Waals surface area (Å²) in [4.78, 5) is 31.1. The van der Waals surface area contributed by atoms with Crippen LogP contribution in [0, 0.1) is 6.92 Å². The lowest BCUT2D eigenvalue weighted by Crippen LogP contribution is -2.49. The van der Waals surface area contributed by atoms with Crippen molar-refractivity contribution in [3.05, 3.63) is 64.9 Å². The summed E-state index contributed by atoms with van der Waals surface area (Å²) in [6.45, 7) is 5.31. The molecule has 6 N–H and O–H groups in total. The Morgan fingerprint density at radius 3 is 2.47 bits per heavy atom. The molecule has 2 aromatic heterocycles. The summed E-state index contributed by atoms with van der Waals surface area (Å²) in [6.07, 6.45) is -2.78. The van der Waals surface area contributed by atoms with Crippen LogP contribution in [0.25, 0.3) is 11.3 Å². The van der Waals surface area contributed by atoms with Gasteiger partial charge in [-0.2, -0.15) is 18.3 Å². The number of nitrogens with one attached hydrogen (secondary N) is 4. The van der Waals surface area contributed by atoms with Gasteiger partial charge in [-0.05, 0) is 56.0 Å². The van der Waals surface area contributed by atoms with E-state index >= 15 is 0 Å². The zero-order valence-electron chi connectivity index (χ0n) is 27.6. The summed E-state index contributed by atoms with van der Waals surface area (Å²) >= 11 is 0. The number of guanidine groups is 1. The normalized spacial score (nSPS) is 14.6. The van der Waals surface area contributed by atoms with Gasteiger partial charge in [-0.25, -0.2) is 9.98 Å². The van der Waals surface area contributed by atoms with Crippen molar-refractivity contribution < 1.29 is 41.8 Å². The molecule has 0 fully saturated rings. The first-order valence-corrected chi connectivity index (χ1v) is 16.5. The van der Waals surface area contributed by atoms with Crippen molar-refractivity contribution in [2.24, 2.45) is 4.99 Å². The highest BCUT2D eigenvalue weighted by atomic mass is 31.1. The number of alkyl halides is 3. The molecule has 14 nitrogen and oxygen atoms in total. The fraction of sp³-hybridized carbons (Fsp3) is 0.419. The molecule has 0 radical (unpaired) electrons. The van der Waals surface area contributed by atoms with E-state index in [4.69, 9.17) is 14.2 Å². The monoisotopic (exact) mass is 707 g/mol. The van der Waals surface area contributed by atoms with Crippen molar-refractivity contribution >= 4 is 31.5 Å². The van der Waals surface area contributed by atoms with Crippen molar-refractivity contribution in [2.45, 2.75) is 64.9 Å². The van der Waals surface area contributed by atoms with Crippen LogP contribution in [-0.4, -0.2) is 69.1 Å². The third kappa shape index (κ3) is 8.36. The first kappa shape index (κ1) is 37.3. The molecule has 1 aromatic carbocycles. The van der Waals surface area contributed by atoms with Crippen LogP contribution in [0.3, 0.4) is 0 Å². The molecule has 1 amide bonds. The van der Waals surface area contributed by atoms with Crippen LogP contribution in [0.4, 0.5) is 24.5 Å². The minimum Gasteiger partial charge on any atom is -0.495 e. The first-order valence-electron chi connectivity index (χ1n) is 15.4. The molecule has 0 saturated heterocycles. The number of aliphatic hydroxyl groups excluding tert-OH is 1. The van der Waals surface area contributed by atoms with E-state index in [1.54, 1.807) is 49.0 Å². The van der Waals surface area contributed by atoms with E-state index in [1.807, 2.05) is 6.92 Å². The van der Waals surface area contributed by atoms with Crippen LogP contribution in [0.15, 0.2) is 52.9 Å². The molecule has 4 rings (SSSR count). The van der Waals surface area contributed by atoms with Gasteiger partial charge in [0.05, 0.1) is 35.9 Å². The lowest BCUT2D eigenvalue weighted by molar-refractivity contribution is -0.103. The van der Waals surface area contributed by atoms with Gasteiger partial charge in [0, 0.05) is 36.0 Å². The van der Waals surface area contributed by atoms with Gasteiger partial charge in [0.25, 0.3) is 5.91 Å². The predicted octanol–water partition coefficient (Wildman–Crippen LogP) is 4.99. The number of aromatic nitrogens is 3. The number of nitrogens with zero attached hydrogens (tertiary/aromatic N) is 4. The molecule has 264 valence electrons. The molecule has 1 unspecified atom stereocenters. The fourth-order valence-corrected chi connectivity index (χ4v) is 5.76. The van der Waals surface area contributed by atoms with Gasteiger partial charge in [-0.1, -0.05) is 19.9 Å². The first-order chi connectivity index (χ1) is 23.3. The van der Waals surface area contributed by atoms with Crippen molar-refractivity contribution in [1.82, 2.24) is 25.4 Å². The van der Waals surface area contributed by atoms with E-state index in [-0.39, 0.29) is 49.1 Å². The van der Waals surface area contributed by atoms with Crippen LogP contribution in [0.1, 0.15) is 54.9 Å². The molecule has 3 aromatic rings. The van der Waals surface area contributed by atoms with E-state index < -0.39 is 37.3 Å². The van der Waals surface area contributed by atoms with Crippen LogP contribution in [0.5, 0.6) is 5.75 Å². The number of anilines is 2. The summed E-state index contributed by atoms with van der Waals surface area (Å²) in [5.41, 5.74) is -0.234. The summed E-state index contributed by atoms with van der Waals surface area (Å²) in [5, 5.41) is 24.6. The number of aliphatic imine (C=N–C) groups is 1. The number of amides is 1. The zero-order valence-corrected chi connectivity index (χ0v) is 28.5. The minimum atomic E-state index is -4.83. The molecule has 0 spiro atoms. The molecule has 0 bridgehead atoms. The Morgan fingerprint density at radius 2 is 1.86 bits per heavy atom. The maximum absolute atomic E-state index is 14.9. The quantitative estimate of drug-likeness (QED) is 0.124. The maximum atomic E-state index is 14.9. The van der Waals surface area contributed by atoms with E-state index in [0.717, 1.165) is 5.69 Å². The van der Waals surface area contributed by atoms with Crippen molar-refractivity contribution in [3.8, 4) is 17.0 Å². The lowest BCUT2D eigenvalue weighted by Gasteiger charge is -2.38. The number of carbonyl (C=O) groups is 1. The molecule has 1 aliphatic rings. The van der Waals surface area contributed by atoms with Crippen molar-refractivity contribution in [1.29, 1.82) is 0 Å². The van der Waals surface area contributed by atoms with E-state index in [9.17, 15) is 27.6 Å². The highest BCUT2D eigenvalue weighted by Crippen LogP contribution is 2.44. The number of hydrogen-bond donors (Lipinski definition) is 6. The SMILES string of the molecule is CCC1(CC)N=C(Nc2ccc(CO[P+](=O)O)cc2OC)NC(Nc2ccc(-c3cnn(CCCO)c3C)nc2C(=O)NC)=C1C(F)(F)F. The van der Waals surface area contributed by atoms with Crippen molar-refractivity contribution in [3.63, 3.8) is 0 Å². The topological polar surface area (TPSA) is 184 Å². The van der Waals surface area contributed by atoms with Gasteiger partial charge in [0.15, 0.2) is 5.69 Å². The predicted molar refractivity (Wildman–Crippen MR) is 177 cm³/mol. The number of methoxy groups -OCH3 is 1. The number of benzene rings is 1. The molecule has 18 heteroatoms. The second-order valence-electron chi connectivity index (χ2n) is 11.0. The summed E-state index contributed by atoms with van der Waals surface area (Å²) in [5.74, 6) is -0.841. The van der Waals surface area contributed by atoms with Gasteiger partial charge in [0.1, 0.15) is 23.8 Å². The Morgan fingerprint density at radius 1 is 1.14 bits per heavy atom. The van der Waals surface area contributed by atoms with Crippen LogP contribution in [0.2, 0.25) is 0 Å². The Labute approximate surface area is 281 Å². The number of carbonyl (C=O) groups excluding carboxylic acids is 1. The number of pyridine rings is 1. The van der Waals surface area contributed by atoms with Gasteiger partial charge in [0.2, 0.25) is 5.96 Å². The largest absolute Gasteiger partial charge is 0.695 e. The standard InChI is InChI=1S/C31H38F3N8O6P/c1-6-30(7-2)26(31(32,33)34)27(40-29(41-30)39-22-10-9-19(15-24(22)47-5)17-48-49(45)46)38-23-12-11-21(37-25(23)28(44)35-4)20-16-36-42(18(20)3)13-8-14-43/h9-12,15-16,43H,6-8,13-14,17H2,1-5H3,(H4-,35,38,39,40,41,44,45,46)/p+1. The number of ether oxygens (including phenoxy) is 1. The Hall–Kier alpha value is -4.57. The molecule has 3 heterocycles. The second-order valence-corrected chi connectivity index (χ2v) is 11.7. The number of rotatable bonds is 14. The van der Waals surface area contributed by atoms with Gasteiger partial charge < -0.3 is 31.1 Å². The molecular formula is C31H39F3N8O6P+. The Balaban J connectivity index is 1.77. The fourth-order valence-electron chi connectivity index (χ4n) is 5.50. The average Bonchev–Trinajstić information content (AvgIpc) is 3.45. The Kier molecular flexibility index (Phi) is 12.0.